The number of amides is 2. The van der Waals surface area contributed by atoms with Crippen LogP contribution in [0.3, 0.4) is 0 Å². The number of anilines is 1. The van der Waals surface area contributed by atoms with Crippen molar-refractivity contribution in [1.82, 2.24) is 4.90 Å². The number of imide groups is 1. The molecule has 6 rings (SSSR count). The van der Waals surface area contributed by atoms with Gasteiger partial charge in [0, 0.05) is 5.69 Å². The number of allylic oxidation sites excluding steroid dienone is 2. The molecular weight excluding hydrogens is 276 g/mol. The number of hydrogen-bond donors (Lipinski definition) is 1. The maximum absolute atomic E-state index is 12.8. The van der Waals surface area contributed by atoms with Crippen molar-refractivity contribution >= 4 is 17.5 Å². The topological polar surface area (TPSA) is 49.4 Å². The Morgan fingerprint density at radius 3 is 2.14 bits per heavy atom. The van der Waals surface area contributed by atoms with Crippen LogP contribution >= 0.6 is 0 Å². The van der Waals surface area contributed by atoms with E-state index in [0.29, 0.717) is 23.7 Å². The zero-order valence-corrected chi connectivity index (χ0v) is 12.2. The fourth-order valence-electron chi connectivity index (χ4n) is 4.90. The standard InChI is InChI=1S/C18H18N2O2/c21-17-15-11-6-7-12(14-8-13(11)14)16(15)18(22)20(17)9-19-10-4-2-1-3-5-10/h1-7,11-16,19H,8-9H2/t11-,12-,13-,14-,15-,16+/m1/s1. The van der Waals surface area contributed by atoms with Gasteiger partial charge in [-0.05, 0) is 42.2 Å². The summed E-state index contributed by atoms with van der Waals surface area (Å²) in [6.45, 7) is 0.281. The molecule has 3 fully saturated rings. The second-order valence-electron chi connectivity index (χ2n) is 6.96. The summed E-state index contributed by atoms with van der Waals surface area (Å²) in [5.41, 5.74) is 0.932. The summed E-state index contributed by atoms with van der Waals surface area (Å²) in [4.78, 5) is 27.0. The number of hydrogen-bond acceptors (Lipinski definition) is 3. The van der Waals surface area contributed by atoms with Crippen LogP contribution in [0.25, 0.3) is 0 Å². The number of carbonyl (C=O) groups is 2. The van der Waals surface area contributed by atoms with Crippen LogP contribution in [0, 0.1) is 35.5 Å². The van der Waals surface area contributed by atoms with Gasteiger partial charge in [0.2, 0.25) is 11.8 Å². The van der Waals surface area contributed by atoms with Gasteiger partial charge < -0.3 is 5.32 Å². The summed E-state index contributed by atoms with van der Waals surface area (Å²) in [6.07, 6.45) is 5.62. The molecule has 1 saturated heterocycles. The van der Waals surface area contributed by atoms with Gasteiger partial charge >= 0.3 is 0 Å². The van der Waals surface area contributed by atoms with Crippen LogP contribution in [0.1, 0.15) is 6.42 Å². The lowest BCUT2D eigenvalue weighted by Gasteiger charge is -2.37. The summed E-state index contributed by atoms with van der Waals surface area (Å²) in [7, 11) is 0. The molecule has 2 amide bonds. The highest BCUT2D eigenvalue weighted by atomic mass is 16.2. The van der Waals surface area contributed by atoms with Crippen molar-refractivity contribution in [1.29, 1.82) is 0 Å². The van der Waals surface area contributed by atoms with Gasteiger partial charge in [-0.3, -0.25) is 14.5 Å². The molecule has 0 spiro atoms. The Morgan fingerprint density at radius 2 is 1.55 bits per heavy atom. The van der Waals surface area contributed by atoms with Crippen molar-refractivity contribution in [3.8, 4) is 0 Å². The predicted molar refractivity (Wildman–Crippen MR) is 81.5 cm³/mol. The highest BCUT2D eigenvalue weighted by Gasteiger charge is 2.66. The molecular formula is C18H18N2O2. The van der Waals surface area contributed by atoms with Crippen molar-refractivity contribution in [3.63, 3.8) is 0 Å². The molecule has 2 saturated carbocycles. The predicted octanol–water partition coefficient (Wildman–Crippen LogP) is 2.11. The van der Waals surface area contributed by atoms with Gasteiger partial charge in [-0.2, -0.15) is 0 Å². The molecule has 22 heavy (non-hydrogen) atoms. The second-order valence-corrected chi connectivity index (χ2v) is 6.96. The number of para-hydroxylation sites is 1. The Morgan fingerprint density at radius 1 is 0.955 bits per heavy atom. The fraction of sp³-hybridized carbons (Fsp3) is 0.444. The van der Waals surface area contributed by atoms with E-state index in [0.717, 1.165) is 5.69 Å². The van der Waals surface area contributed by atoms with Crippen molar-refractivity contribution in [2.45, 2.75) is 6.42 Å². The molecule has 6 atom stereocenters. The third-order valence-corrected chi connectivity index (χ3v) is 5.97. The number of nitrogens with zero attached hydrogens (tertiary/aromatic N) is 1. The van der Waals surface area contributed by atoms with Crippen LogP contribution in [0.4, 0.5) is 5.69 Å². The van der Waals surface area contributed by atoms with E-state index in [9.17, 15) is 9.59 Å². The molecule has 2 bridgehead atoms. The van der Waals surface area contributed by atoms with Crippen LogP contribution in [0.15, 0.2) is 42.5 Å². The third-order valence-electron chi connectivity index (χ3n) is 5.97. The van der Waals surface area contributed by atoms with E-state index < -0.39 is 0 Å². The van der Waals surface area contributed by atoms with Gasteiger partial charge in [0.25, 0.3) is 0 Å². The van der Waals surface area contributed by atoms with E-state index in [2.05, 4.69) is 17.5 Å². The van der Waals surface area contributed by atoms with E-state index >= 15 is 0 Å². The Kier molecular flexibility index (Phi) is 2.38. The zero-order valence-electron chi connectivity index (χ0n) is 12.2. The van der Waals surface area contributed by atoms with Crippen LogP contribution in [0.5, 0.6) is 0 Å². The third kappa shape index (κ3) is 1.52. The highest BCUT2D eigenvalue weighted by Crippen LogP contribution is 2.65. The Balaban J connectivity index is 1.38. The van der Waals surface area contributed by atoms with Crippen molar-refractivity contribution in [3.05, 3.63) is 42.5 Å². The average Bonchev–Trinajstić information content (AvgIpc) is 3.33. The normalized spacial score (nSPS) is 40.6. The van der Waals surface area contributed by atoms with Gasteiger partial charge in [0.1, 0.15) is 0 Å². The summed E-state index contributed by atoms with van der Waals surface area (Å²) in [5, 5.41) is 3.19. The van der Waals surface area contributed by atoms with Gasteiger partial charge in [-0.25, -0.2) is 0 Å². The minimum absolute atomic E-state index is 0.0307. The number of likely N-dealkylation sites (tertiary alicyclic amines) is 1. The minimum atomic E-state index is -0.0937. The van der Waals surface area contributed by atoms with E-state index in [1.807, 2.05) is 30.3 Å². The lowest BCUT2D eigenvalue weighted by atomic mass is 9.63. The Labute approximate surface area is 129 Å². The summed E-state index contributed by atoms with van der Waals surface area (Å²) >= 11 is 0. The first-order chi connectivity index (χ1) is 10.8. The molecule has 4 heteroatoms. The van der Waals surface area contributed by atoms with E-state index in [4.69, 9.17) is 0 Å². The van der Waals surface area contributed by atoms with Crippen LogP contribution in [0.2, 0.25) is 0 Å². The van der Waals surface area contributed by atoms with Crippen molar-refractivity contribution in [2.75, 3.05) is 12.0 Å². The largest absolute Gasteiger partial charge is 0.367 e. The van der Waals surface area contributed by atoms with Crippen LogP contribution < -0.4 is 5.32 Å². The lowest BCUT2D eigenvalue weighted by molar-refractivity contribution is -0.139. The minimum Gasteiger partial charge on any atom is -0.367 e. The van der Waals surface area contributed by atoms with Crippen molar-refractivity contribution < 1.29 is 9.59 Å². The molecule has 4 aliphatic carbocycles. The molecule has 1 heterocycles. The first kappa shape index (κ1) is 12.4. The quantitative estimate of drug-likeness (QED) is 0.686. The molecule has 5 aliphatic rings. The Hall–Kier alpha value is -2.10. The monoisotopic (exact) mass is 294 g/mol. The SMILES string of the molecule is O=C1[C@@H]2[C@@H]3C=C[C@H]([C@H]4C[C@H]34)[C@@H]2C(=O)N1CNc1ccccc1. The number of carbonyl (C=O) groups excluding carboxylic acids is 2. The zero-order chi connectivity index (χ0) is 14.8. The summed E-state index contributed by atoms with van der Waals surface area (Å²) in [6, 6.07) is 9.71. The van der Waals surface area contributed by atoms with Crippen LogP contribution in [-0.4, -0.2) is 23.4 Å². The maximum atomic E-state index is 12.8. The molecule has 4 nitrogen and oxygen atoms in total. The first-order valence-corrected chi connectivity index (χ1v) is 8.08. The van der Waals surface area contributed by atoms with Gasteiger partial charge in [0.05, 0.1) is 18.5 Å². The average molecular weight is 294 g/mol. The van der Waals surface area contributed by atoms with Crippen LogP contribution in [-0.2, 0) is 9.59 Å². The summed E-state index contributed by atoms with van der Waals surface area (Å²) < 4.78 is 0. The number of benzene rings is 1. The molecule has 112 valence electrons. The highest BCUT2D eigenvalue weighted by molar-refractivity contribution is 6.06. The molecule has 1 aromatic carbocycles. The molecule has 1 aromatic rings. The van der Waals surface area contributed by atoms with E-state index in [1.165, 1.54) is 11.3 Å². The summed E-state index contributed by atoms with van der Waals surface area (Å²) in [5.74, 6) is 1.81. The molecule has 1 aliphatic heterocycles. The van der Waals surface area contributed by atoms with E-state index in [1.54, 1.807) is 0 Å². The molecule has 0 unspecified atom stereocenters. The van der Waals surface area contributed by atoms with E-state index in [-0.39, 0.29) is 30.3 Å². The number of nitrogens with one attached hydrogen (secondary N) is 1. The Bertz CT molecular complexity index is 648. The number of rotatable bonds is 3. The first-order valence-electron chi connectivity index (χ1n) is 8.08. The van der Waals surface area contributed by atoms with Gasteiger partial charge in [-0.15, -0.1) is 0 Å². The fourth-order valence-corrected chi connectivity index (χ4v) is 4.90. The van der Waals surface area contributed by atoms with Gasteiger partial charge in [-0.1, -0.05) is 30.4 Å². The maximum Gasteiger partial charge on any atom is 0.235 e. The molecule has 1 N–H and O–H groups in total. The second kappa shape index (κ2) is 4.22. The molecule has 0 radical (unpaired) electrons. The van der Waals surface area contributed by atoms with Gasteiger partial charge in [0.15, 0.2) is 0 Å². The lowest BCUT2D eigenvalue weighted by Crippen LogP contribution is -2.40. The molecule has 0 aromatic heterocycles. The van der Waals surface area contributed by atoms with Crippen molar-refractivity contribution in [2.24, 2.45) is 35.5 Å². The smallest absolute Gasteiger partial charge is 0.235 e.